The minimum Gasteiger partial charge on any atom is -0.411 e. The first-order chi connectivity index (χ1) is 5.42. The van der Waals surface area contributed by atoms with Gasteiger partial charge in [0, 0.05) is 5.92 Å². The Labute approximate surface area is 67.3 Å². The first-order valence-electron chi connectivity index (χ1n) is 4.62. The van der Waals surface area contributed by atoms with Crippen LogP contribution >= 0.6 is 0 Å². The minimum atomic E-state index is 0.655. The van der Waals surface area contributed by atoms with Gasteiger partial charge in [0.25, 0.3) is 0 Å². The zero-order valence-electron chi connectivity index (χ0n) is 6.79. The second kappa shape index (κ2) is 2.84. The highest BCUT2D eigenvalue weighted by Gasteiger charge is 2.37. The number of fused-ring (bicyclic) bond motifs is 1. The Morgan fingerprint density at radius 1 is 1.18 bits per heavy atom. The van der Waals surface area contributed by atoms with Gasteiger partial charge in [-0.05, 0) is 25.2 Å². The molecular formula is C9H15NO. The van der Waals surface area contributed by atoms with Gasteiger partial charge in [0.1, 0.15) is 0 Å². The van der Waals surface area contributed by atoms with Crippen molar-refractivity contribution in [2.24, 2.45) is 17.0 Å². The van der Waals surface area contributed by atoms with Gasteiger partial charge in [-0.3, -0.25) is 0 Å². The van der Waals surface area contributed by atoms with Crippen LogP contribution in [0.5, 0.6) is 0 Å². The van der Waals surface area contributed by atoms with Crippen LogP contribution < -0.4 is 0 Å². The molecule has 2 unspecified atom stereocenters. The van der Waals surface area contributed by atoms with E-state index in [2.05, 4.69) is 5.16 Å². The molecule has 2 fully saturated rings. The predicted octanol–water partition coefficient (Wildman–Crippen LogP) is 2.42. The van der Waals surface area contributed by atoms with E-state index in [1.165, 1.54) is 32.1 Å². The second-order valence-corrected chi connectivity index (χ2v) is 3.80. The van der Waals surface area contributed by atoms with Gasteiger partial charge in [-0.1, -0.05) is 24.4 Å². The SMILES string of the molecule is O/N=C1\CC2CCCCCC12. The molecule has 0 aliphatic heterocycles. The van der Waals surface area contributed by atoms with Crippen molar-refractivity contribution >= 4 is 5.71 Å². The molecule has 62 valence electrons. The summed E-state index contributed by atoms with van der Waals surface area (Å²) in [5.74, 6) is 1.52. The average molecular weight is 153 g/mol. The second-order valence-electron chi connectivity index (χ2n) is 3.80. The van der Waals surface area contributed by atoms with Crippen LogP contribution in [0.15, 0.2) is 5.16 Å². The van der Waals surface area contributed by atoms with Gasteiger partial charge < -0.3 is 5.21 Å². The lowest BCUT2D eigenvalue weighted by molar-refractivity contribution is 0.273. The summed E-state index contributed by atoms with van der Waals surface area (Å²) < 4.78 is 0. The van der Waals surface area contributed by atoms with Crippen LogP contribution in [-0.2, 0) is 0 Å². The molecule has 2 heteroatoms. The van der Waals surface area contributed by atoms with Crippen LogP contribution in [-0.4, -0.2) is 10.9 Å². The van der Waals surface area contributed by atoms with Crippen LogP contribution in [0.25, 0.3) is 0 Å². The van der Waals surface area contributed by atoms with E-state index in [1.807, 2.05) is 0 Å². The lowest BCUT2D eigenvalue weighted by Crippen LogP contribution is -2.36. The maximum atomic E-state index is 8.60. The summed E-state index contributed by atoms with van der Waals surface area (Å²) in [5, 5.41) is 11.9. The molecule has 0 saturated heterocycles. The van der Waals surface area contributed by atoms with E-state index in [0.717, 1.165) is 18.1 Å². The van der Waals surface area contributed by atoms with Gasteiger partial charge in [0.2, 0.25) is 0 Å². The zero-order chi connectivity index (χ0) is 7.68. The largest absolute Gasteiger partial charge is 0.411 e. The molecule has 0 aromatic carbocycles. The monoisotopic (exact) mass is 153 g/mol. The first-order valence-corrected chi connectivity index (χ1v) is 4.62. The number of nitrogens with zero attached hydrogens (tertiary/aromatic N) is 1. The Morgan fingerprint density at radius 3 is 2.82 bits per heavy atom. The van der Waals surface area contributed by atoms with Crippen LogP contribution in [0.3, 0.4) is 0 Å². The zero-order valence-corrected chi connectivity index (χ0v) is 6.79. The van der Waals surface area contributed by atoms with E-state index < -0.39 is 0 Å². The highest BCUT2D eigenvalue weighted by molar-refractivity contribution is 5.92. The summed E-state index contributed by atoms with van der Waals surface area (Å²) in [6.45, 7) is 0. The Balaban J connectivity index is 2.00. The molecule has 0 aromatic heterocycles. The smallest absolute Gasteiger partial charge is 0.0607 e. The van der Waals surface area contributed by atoms with Gasteiger partial charge in [0.15, 0.2) is 0 Å². The molecule has 0 heterocycles. The van der Waals surface area contributed by atoms with Crippen molar-refractivity contribution in [1.29, 1.82) is 0 Å². The molecule has 11 heavy (non-hydrogen) atoms. The van der Waals surface area contributed by atoms with Crippen LogP contribution in [0.4, 0.5) is 0 Å². The summed E-state index contributed by atoms with van der Waals surface area (Å²) in [7, 11) is 0. The lowest BCUT2D eigenvalue weighted by atomic mass is 9.69. The van der Waals surface area contributed by atoms with Gasteiger partial charge in [0.05, 0.1) is 5.71 Å². The van der Waals surface area contributed by atoms with Crippen LogP contribution in [0, 0.1) is 11.8 Å². The fraction of sp³-hybridized carbons (Fsp3) is 0.889. The summed E-state index contributed by atoms with van der Waals surface area (Å²) in [5.41, 5.74) is 1.07. The molecule has 2 saturated carbocycles. The molecule has 2 aliphatic carbocycles. The molecule has 0 aromatic rings. The van der Waals surface area contributed by atoms with Crippen molar-refractivity contribution < 1.29 is 5.21 Å². The Kier molecular flexibility index (Phi) is 1.84. The summed E-state index contributed by atoms with van der Waals surface area (Å²) in [6.07, 6.45) is 7.81. The lowest BCUT2D eigenvalue weighted by Gasteiger charge is -2.35. The normalized spacial score (nSPS) is 40.9. The first kappa shape index (κ1) is 7.14. The van der Waals surface area contributed by atoms with E-state index in [9.17, 15) is 0 Å². The number of rotatable bonds is 0. The highest BCUT2D eigenvalue weighted by atomic mass is 16.4. The number of hydrogen-bond donors (Lipinski definition) is 1. The van der Waals surface area contributed by atoms with E-state index in [0.29, 0.717) is 5.92 Å². The summed E-state index contributed by atoms with van der Waals surface area (Å²) >= 11 is 0. The molecular weight excluding hydrogens is 138 g/mol. The number of oxime groups is 1. The average Bonchev–Trinajstić information content (AvgIpc) is 2.15. The van der Waals surface area contributed by atoms with E-state index in [4.69, 9.17) is 5.21 Å². The fourth-order valence-corrected chi connectivity index (χ4v) is 2.44. The topological polar surface area (TPSA) is 32.6 Å². The van der Waals surface area contributed by atoms with Gasteiger partial charge in [-0.15, -0.1) is 0 Å². The molecule has 2 rings (SSSR count). The van der Waals surface area contributed by atoms with E-state index >= 15 is 0 Å². The van der Waals surface area contributed by atoms with Crippen molar-refractivity contribution in [3.63, 3.8) is 0 Å². The minimum absolute atomic E-state index is 0.655. The van der Waals surface area contributed by atoms with Gasteiger partial charge in [-0.2, -0.15) is 0 Å². The quantitative estimate of drug-likeness (QED) is 0.420. The third kappa shape index (κ3) is 1.15. The van der Waals surface area contributed by atoms with Crippen molar-refractivity contribution in [2.75, 3.05) is 0 Å². The van der Waals surface area contributed by atoms with E-state index in [1.54, 1.807) is 0 Å². The molecule has 0 amide bonds. The van der Waals surface area contributed by atoms with Gasteiger partial charge >= 0.3 is 0 Å². The molecule has 2 atom stereocenters. The Hall–Kier alpha value is -0.530. The fourth-order valence-electron chi connectivity index (χ4n) is 2.44. The molecule has 0 bridgehead atoms. The third-order valence-corrected chi connectivity index (χ3v) is 3.19. The predicted molar refractivity (Wildman–Crippen MR) is 43.9 cm³/mol. The van der Waals surface area contributed by atoms with Crippen molar-refractivity contribution in [2.45, 2.75) is 38.5 Å². The van der Waals surface area contributed by atoms with Crippen molar-refractivity contribution in [1.82, 2.24) is 0 Å². The van der Waals surface area contributed by atoms with Crippen LogP contribution in [0.2, 0.25) is 0 Å². The summed E-state index contributed by atoms with van der Waals surface area (Å²) in [4.78, 5) is 0. The Morgan fingerprint density at radius 2 is 2.00 bits per heavy atom. The number of hydrogen-bond acceptors (Lipinski definition) is 2. The van der Waals surface area contributed by atoms with Crippen molar-refractivity contribution in [3.05, 3.63) is 0 Å². The molecule has 2 nitrogen and oxygen atoms in total. The maximum absolute atomic E-state index is 8.60. The summed E-state index contributed by atoms with van der Waals surface area (Å²) in [6, 6.07) is 0. The standard InChI is InChI=1S/C9H15NO/c11-10-9-6-7-4-2-1-3-5-8(7)9/h7-8,11H,1-6H2/b10-9+. The van der Waals surface area contributed by atoms with Crippen molar-refractivity contribution in [3.8, 4) is 0 Å². The molecule has 1 N–H and O–H groups in total. The van der Waals surface area contributed by atoms with Gasteiger partial charge in [-0.25, -0.2) is 0 Å². The third-order valence-electron chi connectivity index (χ3n) is 3.19. The van der Waals surface area contributed by atoms with Crippen LogP contribution in [0.1, 0.15) is 38.5 Å². The van der Waals surface area contributed by atoms with E-state index in [-0.39, 0.29) is 0 Å². The highest BCUT2D eigenvalue weighted by Crippen LogP contribution is 2.41. The molecule has 0 spiro atoms. The molecule has 2 aliphatic rings. The Bertz CT molecular complexity index is 176. The molecule has 0 radical (unpaired) electrons. The maximum Gasteiger partial charge on any atom is 0.0607 e.